The number of hydrogen-bond donors (Lipinski definition) is 1. The zero-order valence-corrected chi connectivity index (χ0v) is 11.5. The van der Waals surface area contributed by atoms with Gasteiger partial charge in [-0.25, -0.2) is 0 Å². The second-order valence-corrected chi connectivity index (χ2v) is 4.75. The average Bonchev–Trinajstić information content (AvgIpc) is 2.84. The van der Waals surface area contributed by atoms with Crippen LogP contribution in [-0.2, 0) is 12.8 Å². The second-order valence-electron chi connectivity index (χ2n) is 4.75. The molecule has 0 amide bonds. The lowest BCUT2D eigenvalue weighted by Gasteiger charge is -2.10. The summed E-state index contributed by atoms with van der Waals surface area (Å²) in [7, 11) is 0. The molecule has 2 aromatic carbocycles. The SMILES string of the molecule is Cl.NCC1Cc2cccc(Cc3ccccc3)c2O1. The minimum absolute atomic E-state index is 0. The number of nitrogens with two attached hydrogens (primary N) is 1. The van der Waals surface area contributed by atoms with Gasteiger partial charge in [0.15, 0.2) is 0 Å². The summed E-state index contributed by atoms with van der Waals surface area (Å²) in [6, 6.07) is 16.9. The van der Waals surface area contributed by atoms with Crippen LogP contribution in [0.25, 0.3) is 0 Å². The fourth-order valence-corrected chi connectivity index (χ4v) is 2.49. The van der Waals surface area contributed by atoms with Crippen LogP contribution in [0.3, 0.4) is 0 Å². The number of benzene rings is 2. The molecule has 1 aliphatic heterocycles. The largest absolute Gasteiger partial charge is 0.488 e. The van der Waals surface area contributed by atoms with E-state index in [1.54, 1.807) is 0 Å². The van der Waals surface area contributed by atoms with Crippen molar-refractivity contribution in [2.45, 2.75) is 18.9 Å². The Labute approximate surface area is 120 Å². The molecular formula is C16H18ClNO. The zero-order valence-electron chi connectivity index (χ0n) is 10.7. The van der Waals surface area contributed by atoms with Gasteiger partial charge in [0.2, 0.25) is 0 Å². The van der Waals surface area contributed by atoms with Crippen LogP contribution in [0, 0.1) is 0 Å². The summed E-state index contributed by atoms with van der Waals surface area (Å²) < 4.78 is 5.93. The Bertz CT molecular complexity index is 542. The molecule has 100 valence electrons. The standard InChI is InChI=1S/C16H17NO.ClH/c17-11-15-10-14-8-4-7-13(16(14)18-15)9-12-5-2-1-3-6-12;/h1-8,15H,9-11,17H2;1H. The van der Waals surface area contributed by atoms with Crippen molar-refractivity contribution in [1.29, 1.82) is 0 Å². The summed E-state index contributed by atoms with van der Waals surface area (Å²) >= 11 is 0. The molecule has 2 aromatic rings. The van der Waals surface area contributed by atoms with E-state index in [4.69, 9.17) is 10.5 Å². The smallest absolute Gasteiger partial charge is 0.126 e. The summed E-state index contributed by atoms with van der Waals surface area (Å²) in [6.07, 6.45) is 2.01. The molecule has 0 aromatic heterocycles. The fraction of sp³-hybridized carbons (Fsp3) is 0.250. The highest BCUT2D eigenvalue weighted by Gasteiger charge is 2.23. The van der Waals surface area contributed by atoms with Gasteiger partial charge < -0.3 is 10.5 Å². The van der Waals surface area contributed by atoms with Crippen molar-refractivity contribution in [2.24, 2.45) is 5.73 Å². The summed E-state index contributed by atoms with van der Waals surface area (Å²) in [4.78, 5) is 0. The van der Waals surface area contributed by atoms with Crippen LogP contribution in [0.15, 0.2) is 48.5 Å². The Hall–Kier alpha value is -1.51. The molecule has 0 spiro atoms. The van der Waals surface area contributed by atoms with E-state index in [1.165, 1.54) is 16.7 Å². The van der Waals surface area contributed by atoms with E-state index in [2.05, 4.69) is 42.5 Å². The minimum Gasteiger partial charge on any atom is -0.488 e. The number of para-hydroxylation sites is 1. The molecule has 2 nitrogen and oxygen atoms in total. The molecule has 1 atom stereocenters. The van der Waals surface area contributed by atoms with E-state index in [0.29, 0.717) is 6.54 Å². The van der Waals surface area contributed by atoms with Gasteiger partial charge in [-0.3, -0.25) is 0 Å². The van der Waals surface area contributed by atoms with Gasteiger partial charge in [-0.1, -0.05) is 48.5 Å². The third-order valence-electron chi connectivity index (χ3n) is 3.41. The molecule has 0 aliphatic carbocycles. The van der Waals surface area contributed by atoms with Crippen molar-refractivity contribution in [3.8, 4) is 5.75 Å². The Morgan fingerprint density at radius 2 is 1.84 bits per heavy atom. The van der Waals surface area contributed by atoms with Crippen molar-refractivity contribution in [3.05, 3.63) is 65.2 Å². The summed E-state index contributed by atoms with van der Waals surface area (Å²) in [5.41, 5.74) is 9.55. The number of ether oxygens (including phenoxy) is 1. The molecule has 0 saturated heterocycles. The van der Waals surface area contributed by atoms with Crippen LogP contribution in [-0.4, -0.2) is 12.6 Å². The van der Waals surface area contributed by atoms with Crippen molar-refractivity contribution in [2.75, 3.05) is 6.54 Å². The molecule has 2 N–H and O–H groups in total. The fourth-order valence-electron chi connectivity index (χ4n) is 2.49. The molecule has 3 rings (SSSR count). The molecule has 1 aliphatic rings. The van der Waals surface area contributed by atoms with Gasteiger partial charge >= 0.3 is 0 Å². The lowest BCUT2D eigenvalue weighted by Crippen LogP contribution is -2.24. The van der Waals surface area contributed by atoms with Crippen molar-refractivity contribution in [3.63, 3.8) is 0 Å². The number of halogens is 1. The van der Waals surface area contributed by atoms with Crippen LogP contribution in [0.5, 0.6) is 5.75 Å². The summed E-state index contributed by atoms with van der Waals surface area (Å²) in [5, 5.41) is 0. The van der Waals surface area contributed by atoms with Gasteiger partial charge in [0, 0.05) is 19.4 Å². The van der Waals surface area contributed by atoms with Crippen LogP contribution in [0.4, 0.5) is 0 Å². The Kier molecular flexibility index (Phi) is 4.46. The molecule has 1 heterocycles. The highest BCUT2D eigenvalue weighted by Crippen LogP contribution is 2.33. The van der Waals surface area contributed by atoms with Crippen molar-refractivity contribution < 1.29 is 4.74 Å². The first-order valence-corrected chi connectivity index (χ1v) is 6.38. The van der Waals surface area contributed by atoms with Gasteiger partial charge in [0.25, 0.3) is 0 Å². The second kappa shape index (κ2) is 6.09. The van der Waals surface area contributed by atoms with Crippen LogP contribution >= 0.6 is 12.4 Å². The van der Waals surface area contributed by atoms with Gasteiger partial charge in [0.1, 0.15) is 11.9 Å². The van der Waals surface area contributed by atoms with E-state index in [1.807, 2.05) is 6.07 Å². The minimum atomic E-state index is 0. The average molecular weight is 276 g/mol. The highest BCUT2D eigenvalue weighted by molar-refractivity contribution is 5.85. The van der Waals surface area contributed by atoms with Gasteiger partial charge in [0.05, 0.1) is 0 Å². The molecular weight excluding hydrogens is 258 g/mol. The maximum Gasteiger partial charge on any atom is 0.126 e. The first kappa shape index (κ1) is 13.9. The first-order chi connectivity index (χ1) is 8.86. The Balaban J connectivity index is 0.00000133. The van der Waals surface area contributed by atoms with Crippen molar-refractivity contribution in [1.82, 2.24) is 0 Å². The van der Waals surface area contributed by atoms with Gasteiger partial charge in [-0.2, -0.15) is 0 Å². The van der Waals surface area contributed by atoms with Crippen LogP contribution in [0.1, 0.15) is 16.7 Å². The third-order valence-corrected chi connectivity index (χ3v) is 3.41. The van der Waals surface area contributed by atoms with Crippen molar-refractivity contribution >= 4 is 12.4 Å². The van der Waals surface area contributed by atoms with E-state index in [0.717, 1.165) is 18.6 Å². The summed E-state index contributed by atoms with van der Waals surface area (Å²) in [5.74, 6) is 1.05. The van der Waals surface area contributed by atoms with E-state index in [9.17, 15) is 0 Å². The van der Waals surface area contributed by atoms with Crippen LogP contribution in [0.2, 0.25) is 0 Å². The predicted molar refractivity (Wildman–Crippen MR) is 80.1 cm³/mol. The predicted octanol–water partition coefficient (Wildman–Crippen LogP) is 2.96. The number of hydrogen-bond acceptors (Lipinski definition) is 2. The topological polar surface area (TPSA) is 35.2 Å². The zero-order chi connectivity index (χ0) is 12.4. The normalized spacial score (nSPS) is 16.4. The molecule has 0 bridgehead atoms. The molecule has 0 saturated carbocycles. The van der Waals surface area contributed by atoms with Gasteiger partial charge in [-0.15, -0.1) is 12.4 Å². The molecule has 0 fully saturated rings. The molecule has 19 heavy (non-hydrogen) atoms. The summed E-state index contributed by atoms with van der Waals surface area (Å²) in [6.45, 7) is 0.583. The van der Waals surface area contributed by atoms with E-state index >= 15 is 0 Å². The monoisotopic (exact) mass is 275 g/mol. The lowest BCUT2D eigenvalue weighted by atomic mass is 10.0. The molecule has 3 heteroatoms. The molecule has 0 radical (unpaired) electrons. The first-order valence-electron chi connectivity index (χ1n) is 6.38. The van der Waals surface area contributed by atoms with E-state index < -0.39 is 0 Å². The lowest BCUT2D eigenvalue weighted by molar-refractivity contribution is 0.239. The Morgan fingerprint density at radius 3 is 2.58 bits per heavy atom. The quantitative estimate of drug-likeness (QED) is 0.935. The third kappa shape index (κ3) is 2.91. The number of rotatable bonds is 3. The molecule has 1 unspecified atom stereocenters. The van der Waals surface area contributed by atoms with Crippen LogP contribution < -0.4 is 10.5 Å². The maximum absolute atomic E-state index is 5.93. The number of fused-ring (bicyclic) bond motifs is 1. The van der Waals surface area contributed by atoms with E-state index in [-0.39, 0.29) is 18.5 Å². The maximum atomic E-state index is 5.93. The van der Waals surface area contributed by atoms with Gasteiger partial charge in [-0.05, 0) is 16.7 Å². The highest BCUT2D eigenvalue weighted by atomic mass is 35.5. The Morgan fingerprint density at radius 1 is 1.05 bits per heavy atom.